The molecule has 108 valence electrons. The molecule has 0 radical (unpaired) electrons. The van der Waals surface area contributed by atoms with Crippen molar-refractivity contribution in [3.05, 3.63) is 27.7 Å². The molecule has 3 nitrogen and oxygen atoms in total. The van der Waals surface area contributed by atoms with Crippen LogP contribution in [0.15, 0.2) is 22.7 Å². The first kappa shape index (κ1) is 16.8. The highest BCUT2D eigenvalue weighted by Gasteiger charge is 2.09. The zero-order chi connectivity index (χ0) is 14.3. The van der Waals surface area contributed by atoms with Crippen molar-refractivity contribution in [1.82, 2.24) is 4.90 Å². The summed E-state index contributed by atoms with van der Waals surface area (Å²) in [4.78, 5) is 2.29. The smallest absolute Gasteiger partial charge is 0.133 e. The van der Waals surface area contributed by atoms with Crippen molar-refractivity contribution in [1.29, 1.82) is 0 Å². The molecule has 0 unspecified atom stereocenters. The Bertz CT molecular complexity index is 388. The van der Waals surface area contributed by atoms with E-state index in [1.165, 1.54) is 0 Å². The first-order valence-corrected chi connectivity index (χ1v) is 7.64. The van der Waals surface area contributed by atoms with Crippen molar-refractivity contribution in [3.8, 4) is 5.75 Å². The maximum atomic E-state index is 8.89. The van der Waals surface area contributed by atoms with Crippen LogP contribution in [0.25, 0.3) is 0 Å². The average molecular weight is 351 g/mol. The highest BCUT2D eigenvalue weighted by Crippen LogP contribution is 2.27. The van der Waals surface area contributed by atoms with Crippen LogP contribution in [-0.4, -0.2) is 42.4 Å². The Kier molecular flexibility index (Phi) is 7.76. The Labute approximate surface area is 128 Å². The lowest BCUT2D eigenvalue weighted by Crippen LogP contribution is -2.35. The summed E-state index contributed by atoms with van der Waals surface area (Å²) >= 11 is 9.31. The summed E-state index contributed by atoms with van der Waals surface area (Å²) in [7, 11) is 0. The lowest BCUT2D eigenvalue weighted by molar-refractivity contribution is 0.160. The van der Waals surface area contributed by atoms with Crippen molar-refractivity contribution >= 4 is 27.5 Å². The summed E-state index contributed by atoms with van der Waals surface area (Å²) in [5, 5.41) is 9.57. The molecule has 0 aromatic heterocycles. The predicted octanol–water partition coefficient (Wildman–Crippen LogP) is 3.57. The molecule has 0 heterocycles. The van der Waals surface area contributed by atoms with Crippen molar-refractivity contribution in [2.75, 3.05) is 26.3 Å². The van der Waals surface area contributed by atoms with Gasteiger partial charge in [0, 0.05) is 30.8 Å². The fourth-order valence-corrected chi connectivity index (χ4v) is 2.56. The van der Waals surface area contributed by atoms with Crippen molar-refractivity contribution in [3.63, 3.8) is 0 Å². The highest BCUT2D eigenvalue weighted by atomic mass is 79.9. The second-order valence-corrected chi connectivity index (χ2v) is 5.92. The molecule has 0 fully saturated rings. The topological polar surface area (TPSA) is 32.7 Å². The highest BCUT2D eigenvalue weighted by molar-refractivity contribution is 9.10. The second kappa shape index (κ2) is 8.80. The van der Waals surface area contributed by atoms with E-state index in [9.17, 15) is 0 Å². The van der Waals surface area contributed by atoms with Crippen molar-refractivity contribution in [2.45, 2.75) is 26.3 Å². The Morgan fingerprint density at radius 1 is 1.37 bits per heavy atom. The van der Waals surface area contributed by atoms with Gasteiger partial charge >= 0.3 is 0 Å². The first-order chi connectivity index (χ1) is 9.04. The van der Waals surface area contributed by atoms with E-state index < -0.39 is 0 Å². The standard InChI is InChI=1S/C14H21BrClNO2/c1-11(2)17(6-3-8-18)7-9-19-14-5-4-12(16)10-13(14)15/h4-5,10-11,18H,3,6-9H2,1-2H3. The van der Waals surface area contributed by atoms with E-state index >= 15 is 0 Å². The first-order valence-electron chi connectivity index (χ1n) is 6.47. The van der Waals surface area contributed by atoms with Crippen molar-refractivity contribution in [2.24, 2.45) is 0 Å². The number of rotatable bonds is 8. The Morgan fingerprint density at radius 3 is 2.68 bits per heavy atom. The van der Waals surface area contributed by atoms with Gasteiger partial charge in [0.2, 0.25) is 0 Å². The molecule has 0 saturated carbocycles. The molecule has 5 heteroatoms. The number of nitrogens with zero attached hydrogens (tertiary/aromatic N) is 1. The Balaban J connectivity index is 2.42. The number of hydrogen-bond donors (Lipinski definition) is 1. The summed E-state index contributed by atoms with van der Waals surface area (Å²) in [6.07, 6.45) is 0.794. The normalized spacial score (nSPS) is 11.3. The van der Waals surface area contributed by atoms with Crippen LogP contribution < -0.4 is 4.74 Å². The predicted molar refractivity (Wildman–Crippen MR) is 83.1 cm³/mol. The molecule has 0 aliphatic carbocycles. The quantitative estimate of drug-likeness (QED) is 0.778. The van der Waals surface area contributed by atoms with Crippen LogP contribution in [0, 0.1) is 0 Å². The van der Waals surface area contributed by atoms with Crippen LogP contribution in [0.5, 0.6) is 5.75 Å². The minimum Gasteiger partial charge on any atom is -0.491 e. The molecule has 0 bridgehead atoms. The van der Waals surface area contributed by atoms with E-state index in [-0.39, 0.29) is 6.61 Å². The minimum atomic E-state index is 0.229. The zero-order valence-electron chi connectivity index (χ0n) is 11.4. The van der Waals surface area contributed by atoms with Gasteiger partial charge in [-0.05, 0) is 54.4 Å². The van der Waals surface area contributed by atoms with Gasteiger partial charge in [-0.25, -0.2) is 0 Å². The fourth-order valence-electron chi connectivity index (χ4n) is 1.77. The van der Waals surface area contributed by atoms with Crippen LogP contribution in [0.1, 0.15) is 20.3 Å². The zero-order valence-corrected chi connectivity index (χ0v) is 13.7. The van der Waals surface area contributed by atoms with E-state index in [4.69, 9.17) is 21.4 Å². The minimum absolute atomic E-state index is 0.229. The van der Waals surface area contributed by atoms with Crippen LogP contribution >= 0.6 is 27.5 Å². The number of aliphatic hydroxyl groups is 1. The van der Waals surface area contributed by atoms with E-state index in [0.29, 0.717) is 17.7 Å². The number of halogens is 2. The van der Waals surface area contributed by atoms with E-state index in [2.05, 4.69) is 34.7 Å². The molecule has 19 heavy (non-hydrogen) atoms. The van der Waals surface area contributed by atoms with Gasteiger partial charge in [-0.15, -0.1) is 0 Å². The Morgan fingerprint density at radius 2 is 2.11 bits per heavy atom. The molecule has 1 aromatic rings. The van der Waals surface area contributed by atoms with E-state index in [1.807, 2.05) is 18.2 Å². The second-order valence-electron chi connectivity index (χ2n) is 4.63. The Hall–Kier alpha value is -0.290. The van der Waals surface area contributed by atoms with Gasteiger partial charge < -0.3 is 9.84 Å². The molecule has 0 saturated heterocycles. The molecule has 0 atom stereocenters. The number of aliphatic hydroxyl groups excluding tert-OH is 1. The number of ether oxygens (including phenoxy) is 1. The van der Waals surface area contributed by atoms with Gasteiger partial charge in [0.05, 0.1) is 4.47 Å². The molecule has 1 N–H and O–H groups in total. The van der Waals surface area contributed by atoms with Crippen molar-refractivity contribution < 1.29 is 9.84 Å². The molecule has 1 rings (SSSR count). The van der Waals surface area contributed by atoms with Crippen LogP contribution in [0.4, 0.5) is 0 Å². The molecule has 1 aromatic carbocycles. The molecule has 0 aliphatic rings. The van der Waals surface area contributed by atoms with Crippen LogP contribution in [0.2, 0.25) is 5.02 Å². The van der Waals surface area contributed by atoms with Crippen LogP contribution in [-0.2, 0) is 0 Å². The maximum Gasteiger partial charge on any atom is 0.133 e. The molecule has 0 amide bonds. The number of hydrogen-bond acceptors (Lipinski definition) is 3. The average Bonchev–Trinajstić information content (AvgIpc) is 2.35. The third-order valence-electron chi connectivity index (χ3n) is 2.86. The third kappa shape index (κ3) is 6.13. The molecular weight excluding hydrogens is 330 g/mol. The number of benzene rings is 1. The van der Waals surface area contributed by atoms with Gasteiger partial charge in [-0.2, -0.15) is 0 Å². The van der Waals surface area contributed by atoms with E-state index in [0.717, 1.165) is 29.7 Å². The lowest BCUT2D eigenvalue weighted by Gasteiger charge is -2.26. The summed E-state index contributed by atoms with van der Waals surface area (Å²) in [5.41, 5.74) is 0. The van der Waals surface area contributed by atoms with Gasteiger partial charge in [0.15, 0.2) is 0 Å². The largest absolute Gasteiger partial charge is 0.491 e. The van der Waals surface area contributed by atoms with Gasteiger partial charge in [0.25, 0.3) is 0 Å². The summed E-state index contributed by atoms with van der Waals surface area (Å²) < 4.78 is 6.61. The summed E-state index contributed by atoms with van der Waals surface area (Å²) in [5.74, 6) is 0.801. The third-order valence-corrected chi connectivity index (χ3v) is 3.72. The van der Waals surface area contributed by atoms with Gasteiger partial charge in [-0.1, -0.05) is 11.6 Å². The van der Waals surface area contributed by atoms with Gasteiger partial charge in [0.1, 0.15) is 12.4 Å². The van der Waals surface area contributed by atoms with E-state index in [1.54, 1.807) is 0 Å². The maximum absolute atomic E-state index is 8.89. The summed E-state index contributed by atoms with van der Waals surface area (Å²) in [6.45, 7) is 6.87. The SMILES string of the molecule is CC(C)N(CCCO)CCOc1ccc(Cl)cc1Br. The van der Waals surface area contributed by atoms with Crippen LogP contribution in [0.3, 0.4) is 0 Å². The lowest BCUT2D eigenvalue weighted by atomic mass is 10.3. The molecule has 0 spiro atoms. The monoisotopic (exact) mass is 349 g/mol. The molecule has 0 aliphatic heterocycles. The fraction of sp³-hybridized carbons (Fsp3) is 0.571. The van der Waals surface area contributed by atoms with Gasteiger partial charge in [-0.3, -0.25) is 4.90 Å². The molecular formula is C14H21BrClNO2. The summed E-state index contributed by atoms with van der Waals surface area (Å²) in [6, 6.07) is 5.94.